The molecule has 0 spiro atoms. The number of nitrogens with zero attached hydrogens (tertiary/aromatic N) is 3. The Balaban J connectivity index is 1.64. The highest BCUT2D eigenvalue weighted by Crippen LogP contribution is 2.19. The zero-order chi connectivity index (χ0) is 18.5. The summed E-state index contributed by atoms with van der Waals surface area (Å²) in [6.07, 6.45) is 2.04. The first kappa shape index (κ1) is 17.9. The Labute approximate surface area is 153 Å². The molecule has 1 fully saturated rings. The van der Waals surface area contributed by atoms with Crippen molar-refractivity contribution < 1.29 is 9.59 Å². The van der Waals surface area contributed by atoms with Crippen LogP contribution >= 0.6 is 0 Å². The lowest BCUT2D eigenvalue weighted by atomic mass is 10.1. The number of hydrogen-bond acceptors (Lipinski definition) is 4. The summed E-state index contributed by atoms with van der Waals surface area (Å²) in [7, 11) is 3.72. The summed E-state index contributed by atoms with van der Waals surface area (Å²) in [6, 6.07) is 14.0. The molecule has 0 radical (unpaired) electrons. The molecule has 1 aromatic heterocycles. The van der Waals surface area contributed by atoms with E-state index in [9.17, 15) is 9.59 Å². The third-order valence-electron chi connectivity index (χ3n) is 4.66. The smallest absolute Gasteiger partial charge is 0.225 e. The summed E-state index contributed by atoms with van der Waals surface area (Å²) in [4.78, 5) is 32.1. The molecular weight excluding hydrogens is 328 g/mol. The molecule has 3 rings (SSSR count). The lowest BCUT2D eigenvalue weighted by molar-refractivity contribution is -0.128. The molecule has 2 aromatic rings. The second-order valence-corrected chi connectivity index (χ2v) is 6.72. The van der Waals surface area contributed by atoms with E-state index < -0.39 is 0 Å². The van der Waals surface area contributed by atoms with Crippen molar-refractivity contribution in [2.24, 2.45) is 5.92 Å². The maximum absolute atomic E-state index is 12.4. The molecule has 2 amide bonds. The van der Waals surface area contributed by atoms with Crippen LogP contribution in [0.5, 0.6) is 0 Å². The van der Waals surface area contributed by atoms with E-state index in [1.54, 1.807) is 18.1 Å². The summed E-state index contributed by atoms with van der Waals surface area (Å²) >= 11 is 0. The predicted octanol–water partition coefficient (Wildman–Crippen LogP) is 1.81. The van der Waals surface area contributed by atoms with Crippen molar-refractivity contribution in [3.05, 3.63) is 59.8 Å². The van der Waals surface area contributed by atoms with E-state index in [-0.39, 0.29) is 24.2 Å². The minimum atomic E-state index is -0.269. The number of likely N-dealkylation sites (tertiary alicyclic amines) is 1. The van der Waals surface area contributed by atoms with Crippen molar-refractivity contribution in [1.82, 2.24) is 15.2 Å². The third kappa shape index (κ3) is 4.20. The van der Waals surface area contributed by atoms with Gasteiger partial charge in [-0.25, -0.2) is 4.98 Å². The first-order valence-corrected chi connectivity index (χ1v) is 8.75. The molecule has 1 N–H and O–H groups in total. The molecular formula is C20H24N4O2. The van der Waals surface area contributed by atoms with Gasteiger partial charge in [0.05, 0.1) is 5.92 Å². The van der Waals surface area contributed by atoms with Gasteiger partial charge < -0.3 is 15.1 Å². The highest BCUT2D eigenvalue weighted by molar-refractivity contribution is 5.89. The average molecular weight is 352 g/mol. The van der Waals surface area contributed by atoms with Crippen LogP contribution in [0.15, 0.2) is 48.7 Å². The van der Waals surface area contributed by atoms with Crippen LogP contribution in [0.25, 0.3) is 0 Å². The van der Waals surface area contributed by atoms with Crippen LogP contribution in [0.2, 0.25) is 0 Å². The lowest BCUT2D eigenvalue weighted by Crippen LogP contribution is -2.32. The van der Waals surface area contributed by atoms with Gasteiger partial charge in [0.25, 0.3) is 0 Å². The van der Waals surface area contributed by atoms with Gasteiger partial charge in [-0.15, -0.1) is 0 Å². The van der Waals surface area contributed by atoms with Gasteiger partial charge >= 0.3 is 0 Å². The minimum absolute atomic E-state index is 0.0230. The van der Waals surface area contributed by atoms with E-state index in [2.05, 4.69) is 27.3 Å². The molecule has 0 aliphatic carbocycles. The predicted molar refractivity (Wildman–Crippen MR) is 100 cm³/mol. The number of hydrogen-bond donors (Lipinski definition) is 1. The monoisotopic (exact) mass is 352 g/mol. The summed E-state index contributed by atoms with van der Waals surface area (Å²) in [5.74, 6) is 0.518. The number of nitrogens with one attached hydrogen (secondary N) is 1. The number of anilines is 1. The van der Waals surface area contributed by atoms with Crippen molar-refractivity contribution in [2.45, 2.75) is 19.5 Å². The highest BCUT2D eigenvalue weighted by Gasteiger charge is 2.31. The zero-order valence-electron chi connectivity index (χ0n) is 15.2. The second-order valence-electron chi connectivity index (χ2n) is 6.72. The molecule has 1 aliphatic rings. The first-order valence-electron chi connectivity index (χ1n) is 8.75. The topological polar surface area (TPSA) is 65.5 Å². The van der Waals surface area contributed by atoms with Gasteiger partial charge in [-0.2, -0.15) is 0 Å². The van der Waals surface area contributed by atoms with E-state index in [4.69, 9.17) is 0 Å². The molecule has 2 heterocycles. The standard InChI is InChI=1S/C20H24N4O2/c1-23-14-17(11-18(23)25)20(26)22-12-16-9-6-10-21-19(16)24(2)13-15-7-4-3-5-8-15/h3-10,17H,11-14H2,1-2H3,(H,22,26). The van der Waals surface area contributed by atoms with Crippen LogP contribution in [-0.4, -0.2) is 42.3 Å². The number of carbonyl (C=O) groups is 2. The molecule has 0 bridgehead atoms. The van der Waals surface area contributed by atoms with Crippen molar-refractivity contribution in [3.63, 3.8) is 0 Å². The van der Waals surface area contributed by atoms with Gasteiger partial charge in [0.15, 0.2) is 0 Å². The molecule has 6 heteroatoms. The fourth-order valence-corrected chi connectivity index (χ4v) is 3.21. The number of amides is 2. The number of benzene rings is 1. The van der Waals surface area contributed by atoms with Crippen molar-refractivity contribution >= 4 is 17.6 Å². The molecule has 0 saturated carbocycles. The van der Waals surface area contributed by atoms with Crippen molar-refractivity contribution in [3.8, 4) is 0 Å². The molecule has 1 aromatic carbocycles. The number of pyridine rings is 1. The summed E-state index contributed by atoms with van der Waals surface area (Å²) < 4.78 is 0. The third-order valence-corrected chi connectivity index (χ3v) is 4.66. The Morgan fingerprint density at radius 3 is 2.73 bits per heavy atom. The summed E-state index contributed by atoms with van der Waals surface area (Å²) in [6.45, 7) is 1.62. The van der Waals surface area contributed by atoms with E-state index >= 15 is 0 Å². The molecule has 1 saturated heterocycles. The average Bonchev–Trinajstić information content (AvgIpc) is 2.99. The molecule has 26 heavy (non-hydrogen) atoms. The number of aromatic nitrogens is 1. The highest BCUT2D eigenvalue weighted by atomic mass is 16.2. The van der Waals surface area contributed by atoms with Gasteiger partial charge in [0, 0.05) is 51.9 Å². The Hall–Kier alpha value is -2.89. The van der Waals surface area contributed by atoms with E-state index in [0.29, 0.717) is 13.1 Å². The number of rotatable bonds is 6. The summed E-state index contributed by atoms with van der Waals surface area (Å²) in [5.41, 5.74) is 2.15. The molecule has 1 aliphatic heterocycles. The van der Waals surface area contributed by atoms with E-state index in [1.165, 1.54) is 5.56 Å². The minimum Gasteiger partial charge on any atom is -0.355 e. The van der Waals surface area contributed by atoms with Crippen molar-refractivity contribution in [2.75, 3.05) is 25.5 Å². The zero-order valence-corrected chi connectivity index (χ0v) is 15.2. The Morgan fingerprint density at radius 2 is 2.04 bits per heavy atom. The Kier molecular flexibility index (Phi) is 5.51. The largest absolute Gasteiger partial charge is 0.355 e. The SMILES string of the molecule is CN1CC(C(=O)NCc2cccnc2N(C)Cc2ccccc2)CC1=O. The molecule has 136 valence electrons. The van der Waals surface area contributed by atoms with Crippen LogP contribution in [0.3, 0.4) is 0 Å². The van der Waals surface area contributed by atoms with Crippen LogP contribution in [0.4, 0.5) is 5.82 Å². The van der Waals surface area contributed by atoms with E-state index in [0.717, 1.165) is 17.9 Å². The Morgan fingerprint density at radius 1 is 1.27 bits per heavy atom. The van der Waals surface area contributed by atoms with Crippen LogP contribution in [0, 0.1) is 5.92 Å². The Bertz CT molecular complexity index is 778. The molecule has 1 atom stereocenters. The van der Waals surface area contributed by atoms with Crippen LogP contribution < -0.4 is 10.2 Å². The van der Waals surface area contributed by atoms with Gasteiger partial charge in [-0.3, -0.25) is 9.59 Å². The lowest BCUT2D eigenvalue weighted by Gasteiger charge is -2.21. The molecule has 1 unspecified atom stereocenters. The van der Waals surface area contributed by atoms with Gasteiger partial charge in [0.1, 0.15) is 5.82 Å². The van der Waals surface area contributed by atoms with Gasteiger partial charge in [-0.05, 0) is 11.6 Å². The fraction of sp³-hybridized carbons (Fsp3) is 0.350. The maximum Gasteiger partial charge on any atom is 0.225 e. The first-order chi connectivity index (χ1) is 12.5. The fourth-order valence-electron chi connectivity index (χ4n) is 3.21. The van der Waals surface area contributed by atoms with E-state index in [1.807, 2.05) is 37.4 Å². The summed E-state index contributed by atoms with van der Waals surface area (Å²) in [5, 5.41) is 2.96. The maximum atomic E-state index is 12.4. The second kappa shape index (κ2) is 7.99. The van der Waals surface area contributed by atoms with Crippen molar-refractivity contribution in [1.29, 1.82) is 0 Å². The number of carbonyl (C=O) groups excluding carboxylic acids is 2. The van der Waals surface area contributed by atoms with Crippen LogP contribution in [0.1, 0.15) is 17.5 Å². The van der Waals surface area contributed by atoms with Crippen LogP contribution in [-0.2, 0) is 22.7 Å². The van der Waals surface area contributed by atoms with Gasteiger partial charge in [0.2, 0.25) is 11.8 Å². The normalized spacial score (nSPS) is 16.6. The molecule has 6 nitrogen and oxygen atoms in total. The van der Waals surface area contributed by atoms with Gasteiger partial charge in [-0.1, -0.05) is 36.4 Å². The quantitative estimate of drug-likeness (QED) is 0.861.